The summed E-state index contributed by atoms with van der Waals surface area (Å²) in [7, 11) is 0. The van der Waals surface area contributed by atoms with Crippen LogP contribution in [0.5, 0.6) is 11.8 Å². The zero-order valence-corrected chi connectivity index (χ0v) is 21.9. The van der Waals surface area contributed by atoms with Crippen LogP contribution >= 0.6 is 0 Å². The molecule has 2 aliphatic heterocycles. The molecule has 0 saturated carbocycles. The second-order valence-electron chi connectivity index (χ2n) is 10.4. The van der Waals surface area contributed by atoms with Crippen molar-refractivity contribution in [3.8, 4) is 11.8 Å². The largest absolute Gasteiger partial charge is 0.425 e. The molecule has 39 heavy (non-hydrogen) atoms. The minimum Gasteiger partial charge on any atom is -0.425 e. The van der Waals surface area contributed by atoms with Crippen molar-refractivity contribution in [2.45, 2.75) is 43.9 Å². The van der Waals surface area contributed by atoms with E-state index >= 15 is 4.39 Å². The van der Waals surface area contributed by atoms with Gasteiger partial charge in [0.2, 0.25) is 5.95 Å². The Morgan fingerprint density at radius 3 is 2.44 bits per heavy atom. The highest BCUT2D eigenvalue weighted by atomic mass is 19.1. The number of anilines is 1. The molecule has 6 rings (SSSR count). The van der Waals surface area contributed by atoms with Gasteiger partial charge in [-0.25, -0.2) is 19.3 Å². The highest BCUT2D eigenvalue weighted by Gasteiger charge is 2.40. The van der Waals surface area contributed by atoms with Crippen molar-refractivity contribution in [1.29, 1.82) is 0 Å². The second kappa shape index (κ2) is 10.6. The van der Waals surface area contributed by atoms with E-state index in [1.807, 2.05) is 42.5 Å². The van der Waals surface area contributed by atoms with Gasteiger partial charge in [-0.1, -0.05) is 24.8 Å². The van der Waals surface area contributed by atoms with Crippen LogP contribution in [-0.2, 0) is 6.54 Å². The Labute approximate surface area is 227 Å². The van der Waals surface area contributed by atoms with E-state index in [1.165, 1.54) is 0 Å². The Kier molecular flexibility index (Phi) is 6.86. The molecule has 10 heteroatoms. The number of alkyl halides is 1. The number of nitrogens with zero attached hydrogens (tertiary/aromatic N) is 7. The van der Waals surface area contributed by atoms with E-state index in [0.717, 1.165) is 48.4 Å². The molecule has 4 aromatic rings. The van der Waals surface area contributed by atoms with Gasteiger partial charge in [0, 0.05) is 68.6 Å². The summed E-state index contributed by atoms with van der Waals surface area (Å²) >= 11 is 0. The number of ether oxygens (including phenoxy) is 1. The van der Waals surface area contributed by atoms with Crippen LogP contribution in [-0.4, -0.2) is 66.2 Å². The number of rotatable bonds is 7. The van der Waals surface area contributed by atoms with Crippen LogP contribution in [0, 0.1) is 0 Å². The Morgan fingerprint density at radius 2 is 1.72 bits per heavy atom. The number of likely N-dealkylation sites (tertiary alicyclic amines) is 2. The SMILES string of the molecule is C=C(N1CCC(n2c(Oc3ccccc3)nc3cccnc32)CC1)C1(F)CCN(Cc2cnc(N)nc2)CC1. The number of halogens is 1. The zero-order chi connectivity index (χ0) is 26.8. The maximum Gasteiger partial charge on any atom is 0.304 e. The molecular formula is C29H33FN8O. The number of pyridine rings is 1. The van der Waals surface area contributed by atoms with E-state index in [4.69, 9.17) is 15.5 Å². The molecule has 0 radical (unpaired) electrons. The topological polar surface area (TPSA) is 98.2 Å². The Balaban J connectivity index is 1.10. The molecule has 2 saturated heterocycles. The number of allylic oxidation sites excluding steroid dienone is 1. The number of aromatic nitrogens is 5. The van der Waals surface area contributed by atoms with Gasteiger partial charge in [-0.2, -0.15) is 4.98 Å². The molecule has 0 aliphatic carbocycles. The summed E-state index contributed by atoms with van der Waals surface area (Å²) in [5, 5.41) is 0. The number of benzene rings is 1. The summed E-state index contributed by atoms with van der Waals surface area (Å²) in [4.78, 5) is 21.8. The first-order valence-corrected chi connectivity index (χ1v) is 13.5. The molecule has 202 valence electrons. The Hall–Kier alpha value is -4.05. The van der Waals surface area contributed by atoms with Gasteiger partial charge >= 0.3 is 6.01 Å². The molecule has 5 heterocycles. The molecule has 0 amide bonds. The van der Waals surface area contributed by atoms with Crippen LogP contribution in [0.25, 0.3) is 11.2 Å². The zero-order valence-electron chi connectivity index (χ0n) is 21.9. The lowest BCUT2D eigenvalue weighted by Gasteiger charge is -2.43. The number of fused-ring (bicyclic) bond motifs is 1. The van der Waals surface area contributed by atoms with Gasteiger partial charge in [-0.05, 0) is 49.9 Å². The minimum atomic E-state index is -1.40. The first-order chi connectivity index (χ1) is 19.0. The average Bonchev–Trinajstić information content (AvgIpc) is 3.33. The lowest BCUT2D eigenvalue weighted by Crippen LogP contribution is -2.47. The predicted octanol–water partition coefficient (Wildman–Crippen LogP) is 4.75. The molecule has 0 bridgehead atoms. The fraction of sp³-hybridized carbons (Fsp3) is 0.379. The number of hydrogen-bond donors (Lipinski definition) is 1. The van der Waals surface area contributed by atoms with Gasteiger partial charge < -0.3 is 15.4 Å². The molecule has 0 unspecified atom stereocenters. The van der Waals surface area contributed by atoms with Gasteiger partial charge in [0.25, 0.3) is 0 Å². The second-order valence-corrected chi connectivity index (χ2v) is 10.4. The summed E-state index contributed by atoms with van der Waals surface area (Å²) in [6.07, 6.45) is 7.75. The third kappa shape index (κ3) is 5.29. The van der Waals surface area contributed by atoms with Crippen LogP contribution < -0.4 is 10.5 Å². The lowest BCUT2D eigenvalue weighted by atomic mass is 9.88. The van der Waals surface area contributed by atoms with Gasteiger partial charge in [-0.3, -0.25) is 9.47 Å². The normalized spacial score (nSPS) is 18.3. The van der Waals surface area contributed by atoms with Crippen molar-refractivity contribution >= 4 is 17.1 Å². The quantitative estimate of drug-likeness (QED) is 0.367. The number of piperidine rings is 2. The van der Waals surface area contributed by atoms with Gasteiger partial charge in [0.1, 0.15) is 11.3 Å². The van der Waals surface area contributed by atoms with Crippen molar-refractivity contribution in [3.63, 3.8) is 0 Å². The third-order valence-electron chi connectivity index (χ3n) is 7.88. The van der Waals surface area contributed by atoms with Crippen LogP contribution in [0.1, 0.15) is 37.3 Å². The molecule has 0 spiro atoms. The highest BCUT2D eigenvalue weighted by Crippen LogP contribution is 2.39. The van der Waals surface area contributed by atoms with E-state index in [9.17, 15) is 0 Å². The highest BCUT2D eigenvalue weighted by molar-refractivity contribution is 5.72. The molecule has 2 aliphatic rings. The van der Waals surface area contributed by atoms with Crippen LogP contribution in [0.15, 0.2) is 73.3 Å². The van der Waals surface area contributed by atoms with Gasteiger partial charge in [0.15, 0.2) is 11.3 Å². The van der Waals surface area contributed by atoms with E-state index in [1.54, 1.807) is 18.6 Å². The molecule has 2 fully saturated rings. The standard InChI is InChI=1S/C29H33FN8O/c1-21(29(30)11-16-36(17-12-29)20-22-18-33-27(31)34-19-22)37-14-9-23(10-15-37)38-26-25(8-5-13-32-26)35-28(38)39-24-6-3-2-4-7-24/h2-8,13,18-19,23H,1,9-12,14-17,20H2,(H2,31,33,34). The molecule has 1 aromatic carbocycles. The van der Waals surface area contributed by atoms with Crippen LogP contribution in [0.3, 0.4) is 0 Å². The number of nitrogen functional groups attached to an aromatic ring is 1. The molecule has 3 aromatic heterocycles. The number of para-hydroxylation sites is 1. The average molecular weight is 529 g/mol. The summed E-state index contributed by atoms with van der Waals surface area (Å²) in [5.74, 6) is 0.993. The molecule has 9 nitrogen and oxygen atoms in total. The predicted molar refractivity (Wildman–Crippen MR) is 148 cm³/mol. The molecule has 2 N–H and O–H groups in total. The smallest absolute Gasteiger partial charge is 0.304 e. The number of nitrogens with two attached hydrogens (primary N) is 1. The van der Waals surface area contributed by atoms with Crippen molar-refractivity contribution in [2.75, 3.05) is 31.9 Å². The summed E-state index contributed by atoms with van der Waals surface area (Å²) in [6.45, 7) is 7.69. The van der Waals surface area contributed by atoms with Crippen molar-refractivity contribution in [2.24, 2.45) is 0 Å². The van der Waals surface area contributed by atoms with Crippen molar-refractivity contribution in [1.82, 2.24) is 34.3 Å². The van der Waals surface area contributed by atoms with Crippen LogP contribution in [0.2, 0.25) is 0 Å². The first kappa shape index (κ1) is 25.2. The fourth-order valence-corrected chi connectivity index (χ4v) is 5.64. The summed E-state index contributed by atoms with van der Waals surface area (Å²) in [5.41, 5.74) is 7.38. The summed E-state index contributed by atoms with van der Waals surface area (Å²) in [6, 6.07) is 14.2. The fourth-order valence-electron chi connectivity index (χ4n) is 5.64. The van der Waals surface area contributed by atoms with Crippen molar-refractivity contribution < 1.29 is 9.13 Å². The lowest BCUT2D eigenvalue weighted by molar-refractivity contribution is 0.0519. The maximum absolute atomic E-state index is 16.1. The van der Waals surface area contributed by atoms with E-state index in [-0.39, 0.29) is 12.0 Å². The monoisotopic (exact) mass is 528 g/mol. The Bertz CT molecular complexity index is 1420. The number of hydrogen-bond acceptors (Lipinski definition) is 8. The summed E-state index contributed by atoms with van der Waals surface area (Å²) < 4.78 is 24.4. The Morgan fingerprint density at radius 1 is 1.00 bits per heavy atom. The minimum absolute atomic E-state index is 0.146. The van der Waals surface area contributed by atoms with Gasteiger partial charge in [0.05, 0.1) is 0 Å². The third-order valence-corrected chi connectivity index (χ3v) is 7.88. The van der Waals surface area contributed by atoms with E-state index in [2.05, 4.69) is 35.9 Å². The van der Waals surface area contributed by atoms with Crippen LogP contribution in [0.4, 0.5) is 10.3 Å². The molecule has 0 atom stereocenters. The van der Waals surface area contributed by atoms with E-state index < -0.39 is 5.67 Å². The van der Waals surface area contributed by atoms with Gasteiger partial charge in [-0.15, -0.1) is 0 Å². The maximum atomic E-state index is 16.1. The van der Waals surface area contributed by atoms with Crippen molar-refractivity contribution in [3.05, 3.63) is 78.9 Å². The number of imidazole rings is 1. The van der Waals surface area contributed by atoms with E-state index in [0.29, 0.717) is 44.2 Å². The first-order valence-electron chi connectivity index (χ1n) is 13.5. The molecular weight excluding hydrogens is 495 g/mol.